The van der Waals surface area contributed by atoms with Crippen molar-refractivity contribution in [2.75, 3.05) is 12.4 Å². The van der Waals surface area contributed by atoms with Gasteiger partial charge in [0.2, 0.25) is 5.82 Å². The fourth-order valence-corrected chi connectivity index (χ4v) is 2.96. The van der Waals surface area contributed by atoms with Gasteiger partial charge in [-0.15, -0.1) is 0 Å². The van der Waals surface area contributed by atoms with Crippen molar-refractivity contribution in [3.05, 3.63) is 67.9 Å². The molecule has 0 aliphatic rings. The van der Waals surface area contributed by atoms with Crippen molar-refractivity contribution >= 4 is 40.4 Å². The van der Waals surface area contributed by atoms with Crippen molar-refractivity contribution in [3.8, 4) is 17.4 Å². The van der Waals surface area contributed by atoms with Crippen LogP contribution in [0.2, 0.25) is 10.0 Å². The molecule has 0 unspecified atom stereocenters. The summed E-state index contributed by atoms with van der Waals surface area (Å²) in [5, 5.41) is 15.7. The number of nitro groups is 1. The first-order valence-electron chi connectivity index (χ1n) is 8.34. The molecule has 150 valence electrons. The molecular formula is C19H16Cl2N4O4. The highest BCUT2D eigenvalue weighted by molar-refractivity contribution is 6.32. The number of methoxy groups -OCH3 is 1. The van der Waals surface area contributed by atoms with Crippen molar-refractivity contribution in [1.82, 2.24) is 9.97 Å². The van der Waals surface area contributed by atoms with Gasteiger partial charge in [0.15, 0.2) is 0 Å². The van der Waals surface area contributed by atoms with Crippen LogP contribution in [0.15, 0.2) is 36.7 Å². The Kier molecular flexibility index (Phi) is 6.05. The maximum Gasteiger partial charge on any atom is 0.373 e. The number of nitrogens with one attached hydrogen (secondary N) is 1. The number of aromatic nitrogens is 2. The molecule has 1 heterocycles. The summed E-state index contributed by atoms with van der Waals surface area (Å²) in [7, 11) is 1.47. The summed E-state index contributed by atoms with van der Waals surface area (Å²) >= 11 is 12.2. The Morgan fingerprint density at radius 3 is 2.41 bits per heavy atom. The molecule has 2 aromatic carbocycles. The molecule has 3 aromatic rings. The predicted octanol–water partition coefficient (Wildman–Crippen LogP) is 5.85. The van der Waals surface area contributed by atoms with Crippen LogP contribution in [0.1, 0.15) is 11.1 Å². The van der Waals surface area contributed by atoms with E-state index in [2.05, 4.69) is 15.3 Å². The number of rotatable bonds is 6. The molecule has 0 spiro atoms. The Bertz CT molecular complexity index is 1070. The zero-order valence-corrected chi connectivity index (χ0v) is 17.2. The van der Waals surface area contributed by atoms with Gasteiger partial charge in [-0.1, -0.05) is 23.2 Å². The number of hydrogen-bond acceptors (Lipinski definition) is 7. The minimum absolute atomic E-state index is 0.0667. The van der Waals surface area contributed by atoms with Gasteiger partial charge in [0.1, 0.15) is 17.8 Å². The van der Waals surface area contributed by atoms with Gasteiger partial charge in [-0.05, 0) is 55.3 Å². The Labute approximate surface area is 176 Å². The van der Waals surface area contributed by atoms with Crippen molar-refractivity contribution in [2.24, 2.45) is 0 Å². The van der Waals surface area contributed by atoms with Crippen LogP contribution in [0.3, 0.4) is 0 Å². The Morgan fingerprint density at radius 2 is 1.79 bits per heavy atom. The van der Waals surface area contributed by atoms with Crippen LogP contribution in [0, 0.1) is 24.0 Å². The number of nitrogens with zero attached hydrogens (tertiary/aromatic N) is 3. The number of halogens is 2. The molecule has 0 radical (unpaired) electrons. The number of anilines is 2. The topological polar surface area (TPSA) is 99.4 Å². The molecule has 10 heteroatoms. The van der Waals surface area contributed by atoms with Crippen molar-refractivity contribution < 1.29 is 14.4 Å². The fourth-order valence-electron chi connectivity index (χ4n) is 2.68. The summed E-state index contributed by atoms with van der Waals surface area (Å²) in [4.78, 5) is 19.1. The van der Waals surface area contributed by atoms with E-state index in [9.17, 15) is 10.1 Å². The lowest BCUT2D eigenvalue weighted by Crippen LogP contribution is -2.04. The second-order valence-corrected chi connectivity index (χ2v) is 6.89. The highest BCUT2D eigenvalue weighted by atomic mass is 35.5. The third-order valence-electron chi connectivity index (χ3n) is 4.01. The molecule has 0 aliphatic heterocycles. The third-order valence-corrected chi connectivity index (χ3v) is 4.84. The molecule has 0 saturated carbocycles. The Hall–Kier alpha value is -3.10. The van der Waals surface area contributed by atoms with Gasteiger partial charge < -0.3 is 14.8 Å². The predicted molar refractivity (Wildman–Crippen MR) is 111 cm³/mol. The molecule has 1 aromatic heterocycles. The minimum Gasteiger partial charge on any atom is -0.495 e. The highest BCUT2D eigenvalue weighted by Gasteiger charge is 2.26. The Morgan fingerprint density at radius 1 is 1.10 bits per heavy atom. The SMILES string of the molecule is COc1ccc(Cl)cc1Nc1ncnc(Oc2cc(C)c(Cl)c(C)c2)c1[N+](=O)[O-]. The molecule has 0 atom stereocenters. The molecular weight excluding hydrogens is 419 g/mol. The van der Waals surface area contributed by atoms with E-state index in [1.807, 2.05) is 13.8 Å². The van der Waals surface area contributed by atoms with Crippen LogP contribution in [0.5, 0.6) is 17.4 Å². The smallest absolute Gasteiger partial charge is 0.373 e. The molecule has 0 amide bonds. The van der Waals surface area contributed by atoms with Gasteiger partial charge in [-0.2, -0.15) is 4.98 Å². The molecule has 3 rings (SSSR count). The van der Waals surface area contributed by atoms with E-state index in [1.165, 1.54) is 7.11 Å². The monoisotopic (exact) mass is 434 g/mol. The first-order valence-corrected chi connectivity index (χ1v) is 9.10. The van der Waals surface area contributed by atoms with E-state index in [4.69, 9.17) is 32.7 Å². The first-order chi connectivity index (χ1) is 13.8. The van der Waals surface area contributed by atoms with Gasteiger partial charge in [-0.25, -0.2) is 4.98 Å². The van der Waals surface area contributed by atoms with E-state index >= 15 is 0 Å². The van der Waals surface area contributed by atoms with E-state index in [-0.39, 0.29) is 11.7 Å². The second-order valence-electron chi connectivity index (χ2n) is 6.08. The van der Waals surface area contributed by atoms with E-state index < -0.39 is 10.6 Å². The fraction of sp³-hybridized carbons (Fsp3) is 0.158. The van der Waals surface area contributed by atoms with Gasteiger partial charge in [0.25, 0.3) is 0 Å². The van der Waals surface area contributed by atoms with Gasteiger partial charge in [0.05, 0.1) is 17.7 Å². The number of aryl methyl sites for hydroxylation is 2. The van der Waals surface area contributed by atoms with Crippen LogP contribution >= 0.6 is 23.2 Å². The third kappa shape index (κ3) is 4.49. The zero-order valence-electron chi connectivity index (χ0n) is 15.7. The molecule has 1 N–H and O–H groups in total. The summed E-state index contributed by atoms with van der Waals surface area (Å²) in [5.41, 5.74) is 1.53. The average Bonchev–Trinajstić information content (AvgIpc) is 2.66. The molecule has 0 bridgehead atoms. The first kappa shape index (κ1) is 20.6. The minimum atomic E-state index is -0.621. The van der Waals surface area contributed by atoms with Crippen LogP contribution in [-0.4, -0.2) is 22.0 Å². The zero-order chi connectivity index (χ0) is 21.1. The van der Waals surface area contributed by atoms with Gasteiger partial charge >= 0.3 is 11.6 Å². The molecule has 0 fully saturated rings. The quantitative estimate of drug-likeness (QED) is 0.383. The van der Waals surface area contributed by atoms with E-state index in [0.29, 0.717) is 27.2 Å². The lowest BCUT2D eigenvalue weighted by atomic mass is 10.1. The summed E-state index contributed by atoms with van der Waals surface area (Å²) in [6.45, 7) is 3.63. The van der Waals surface area contributed by atoms with Crippen LogP contribution < -0.4 is 14.8 Å². The van der Waals surface area contributed by atoms with Crippen molar-refractivity contribution in [3.63, 3.8) is 0 Å². The normalized spacial score (nSPS) is 10.5. The molecule has 8 nitrogen and oxygen atoms in total. The average molecular weight is 435 g/mol. The van der Waals surface area contributed by atoms with Crippen molar-refractivity contribution in [2.45, 2.75) is 13.8 Å². The summed E-state index contributed by atoms with van der Waals surface area (Å²) in [6.07, 6.45) is 1.16. The van der Waals surface area contributed by atoms with Crippen LogP contribution in [-0.2, 0) is 0 Å². The van der Waals surface area contributed by atoms with Gasteiger partial charge in [0, 0.05) is 10.0 Å². The van der Waals surface area contributed by atoms with Crippen LogP contribution in [0.4, 0.5) is 17.2 Å². The molecule has 0 saturated heterocycles. The van der Waals surface area contributed by atoms with Crippen LogP contribution in [0.25, 0.3) is 0 Å². The van der Waals surface area contributed by atoms with E-state index in [0.717, 1.165) is 17.5 Å². The summed E-state index contributed by atoms with van der Waals surface area (Å²) in [6, 6.07) is 8.19. The second kappa shape index (κ2) is 8.50. The van der Waals surface area contributed by atoms with E-state index in [1.54, 1.807) is 30.3 Å². The number of ether oxygens (including phenoxy) is 2. The summed E-state index contributed by atoms with van der Waals surface area (Å²) in [5.74, 6) is 0.531. The molecule has 0 aliphatic carbocycles. The van der Waals surface area contributed by atoms with Crippen molar-refractivity contribution in [1.29, 1.82) is 0 Å². The maximum absolute atomic E-state index is 11.8. The maximum atomic E-state index is 11.8. The summed E-state index contributed by atoms with van der Waals surface area (Å²) < 4.78 is 11.0. The number of benzene rings is 2. The largest absolute Gasteiger partial charge is 0.495 e. The highest BCUT2D eigenvalue weighted by Crippen LogP contribution is 2.38. The standard InChI is InChI=1S/C19H16Cl2N4O4/c1-10-6-13(7-11(2)16(10)21)29-19-17(25(26)27)18(22-9-23-19)24-14-8-12(20)4-5-15(14)28-3/h4-9H,1-3H3,(H,22,23,24). The lowest BCUT2D eigenvalue weighted by Gasteiger charge is -2.13. The Balaban J connectivity index is 2.03. The number of hydrogen-bond donors (Lipinski definition) is 1. The lowest BCUT2D eigenvalue weighted by molar-refractivity contribution is -0.385. The van der Waals surface area contributed by atoms with Gasteiger partial charge in [-0.3, -0.25) is 10.1 Å². The molecule has 29 heavy (non-hydrogen) atoms.